The first-order valence-electron chi connectivity index (χ1n) is 9.26. The van der Waals surface area contributed by atoms with Crippen molar-refractivity contribution in [2.45, 2.75) is 17.7 Å². The van der Waals surface area contributed by atoms with E-state index in [2.05, 4.69) is 14.6 Å². The molecule has 0 radical (unpaired) electrons. The molecule has 1 fully saturated rings. The van der Waals surface area contributed by atoms with Gasteiger partial charge in [-0.15, -0.1) is 0 Å². The van der Waals surface area contributed by atoms with Crippen molar-refractivity contribution in [2.75, 3.05) is 24.5 Å². The fourth-order valence-electron chi connectivity index (χ4n) is 3.55. The first kappa shape index (κ1) is 17.9. The van der Waals surface area contributed by atoms with Crippen LogP contribution in [0.4, 0.5) is 5.82 Å². The zero-order valence-corrected chi connectivity index (χ0v) is 15.9. The molecule has 4 rings (SSSR count). The molecular weight excluding hydrogens is 358 g/mol. The van der Waals surface area contributed by atoms with Crippen molar-refractivity contribution < 1.29 is 8.42 Å². The third kappa shape index (κ3) is 4.12. The molecule has 0 spiro atoms. The van der Waals surface area contributed by atoms with Gasteiger partial charge in [0.2, 0.25) is 10.0 Å². The van der Waals surface area contributed by atoms with Gasteiger partial charge in [0, 0.05) is 25.8 Å². The molecule has 1 aliphatic rings. The Hall–Kier alpha value is -2.44. The Morgan fingerprint density at radius 1 is 0.963 bits per heavy atom. The summed E-state index contributed by atoms with van der Waals surface area (Å²) in [5, 5.41) is 1.97. The maximum Gasteiger partial charge on any atom is 0.240 e. The van der Waals surface area contributed by atoms with Gasteiger partial charge in [-0.05, 0) is 53.8 Å². The predicted octanol–water partition coefficient (Wildman–Crippen LogP) is 3.43. The zero-order chi connectivity index (χ0) is 18.7. The lowest BCUT2D eigenvalue weighted by Crippen LogP contribution is -2.39. The number of nitrogens with zero attached hydrogens (tertiary/aromatic N) is 2. The van der Waals surface area contributed by atoms with Crippen molar-refractivity contribution in [3.05, 3.63) is 66.9 Å². The lowest BCUT2D eigenvalue weighted by atomic mass is 9.97. The van der Waals surface area contributed by atoms with Gasteiger partial charge in [-0.25, -0.2) is 18.1 Å². The number of aromatic nitrogens is 1. The van der Waals surface area contributed by atoms with E-state index in [9.17, 15) is 8.42 Å². The molecule has 140 valence electrons. The number of benzene rings is 2. The number of sulfonamides is 1. The number of pyridine rings is 1. The Morgan fingerprint density at radius 3 is 2.44 bits per heavy atom. The molecule has 0 saturated carbocycles. The molecule has 0 unspecified atom stereocenters. The Morgan fingerprint density at radius 2 is 1.70 bits per heavy atom. The summed E-state index contributed by atoms with van der Waals surface area (Å²) in [5.41, 5.74) is 0. The molecule has 1 saturated heterocycles. The van der Waals surface area contributed by atoms with Gasteiger partial charge in [0.1, 0.15) is 5.82 Å². The summed E-state index contributed by atoms with van der Waals surface area (Å²) in [6.07, 6.45) is 3.72. The number of hydrogen-bond donors (Lipinski definition) is 1. The molecule has 1 N–H and O–H groups in total. The third-order valence-corrected chi connectivity index (χ3v) is 6.60. The molecule has 0 atom stereocenters. The smallest absolute Gasteiger partial charge is 0.240 e. The summed E-state index contributed by atoms with van der Waals surface area (Å²) in [6, 6.07) is 19.0. The Kier molecular flexibility index (Phi) is 5.09. The Balaban J connectivity index is 1.36. The van der Waals surface area contributed by atoms with Gasteiger partial charge in [0.25, 0.3) is 0 Å². The number of fused-ring (bicyclic) bond motifs is 1. The van der Waals surface area contributed by atoms with Crippen LogP contribution in [0.25, 0.3) is 10.8 Å². The number of nitrogens with one attached hydrogen (secondary N) is 1. The average Bonchev–Trinajstić information content (AvgIpc) is 2.73. The number of hydrogen-bond acceptors (Lipinski definition) is 4. The molecule has 5 nitrogen and oxygen atoms in total. The summed E-state index contributed by atoms with van der Waals surface area (Å²) in [6.45, 7) is 2.28. The topological polar surface area (TPSA) is 62.3 Å². The summed E-state index contributed by atoms with van der Waals surface area (Å²) >= 11 is 0. The molecule has 6 heteroatoms. The van der Waals surface area contributed by atoms with E-state index in [1.54, 1.807) is 18.3 Å². The second kappa shape index (κ2) is 7.66. The van der Waals surface area contributed by atoms with E-state index in [0.717, 1.165) is 42.5 Å². The maximum absolute atomic E-state index is 12.7. The van der Waals surface area contributed by atoms with E-state index < -0.39 is 10.0 Å². The second-order valence-electron chi connectivity index (χ2n) is 6.98. The van der Waals surface area contributed by atoms with E-state index in [1.165, 1.54) is 0 Å². The summed E-state index contributed by atoms with van der Waals surface area (Å²) in [7, 11) is -3.49. The molecule has 0 aliphatic carbocycles. The molecular formula is C21H23N3O2S. The van der Waals surface area contributed by atoms with Crippen LogP contribution in [0.2, 0.25) is 0 Å². The van der Waals surface area contributed by atoms with Crippen LogP contribution in [0.15, 0.2) is 71.8 Å². The standard InChI is InChI=1S/C21H23N3O2S/c25-27(26,20-9-8-18-5-1-2-6-19(18)15-20)23-16-17-10-13-24(14-11-17)21-7-3-4-12-22-21/h1-9,12,15,17,23H,10-11,13-14,16H2. The number of piperidine rings is 1. The molecule has 1 aliphatic heterocycles. The Labute approximate surface area is 160 Å². The minimum absolute atomic E-state index is 0.326. The average molecular weight is 382 g/mol. The minimum Gasteiger partial charge on any atom is -0.357 e. The molecule has 1 aromatic heterocycles. The van der Waals surface area contributed by atoms with Gasteiger partial charge < -0.3 is 4.90 Å². The van der Waals surface area contributed by atoms with Gasteiger partial charge in [-0.3, -0.25) is 0 Å². The van der Waals surface area contributed by atoms with Crippen molar-refractivity contribution in [1.29, 1.82) is 0 Å². The molecule has 3 aromatic rings. The van der Waals surface area contributed by atoms with E-state index in [0.29, 0.717) is 17.4 Å². The van der Waals surface area contributed by atoms with Crippen LogP contribution in [0.1, 0.15) is 12.8 Å². The van der Waals surface area contributed by atoms with Gasteiger partial charge in [-0.1, -0.05) is 36.4 Å². The predicted molar refractivity (Wildman–Crippen MR) is 108 cm³/mol. The summed E-state index contributed by atoms with van der Waals surface area (Å²) < 4.78 is 28.1. The monoisotopic (exact) mass is 381 g/mol. The highest BCUT2D eigenvalue weighted by atomic mass is 32.2. The normalized spacial score (nSPS) is 15.9. The fraction of sp³-hybridized carbons (Fsp3) is 0.286. The lowest BCUT2D eigenvalue weighted by molar-refractivity contribution is 0.400. The van der Waals surface area contributed by atoms with E-state index in [1.807, 2.05) is 48.5 Å². The highest BCUT2D eigenvalue weighted by molar-refractivity contribution is 7.89. The molecule has 2 aromatic carbocycles. The van der Waals surface area contributed by atoms with Gasteiger partial charge in [0.05, 0.1) is 4.90 Å². The van der Waals surface area contributed by atoms with Crippen LogP contribution in [0, 0.1) is 5.92 Å². The third-order valence-electron chi connectivity index (χ3n) is 5.18. The quantitative estimate of drug-likeness (QED) is 0.735. The second-order valence-corrected chi connectivity index (χ2v) is 8.75. The largest absolute Gasteiger partial charge is 0.357 e. The van der Waals surface area contributed by atoms with Gasteiger partial charge in [0.15, 0.2) is 0 Å². The molecule has 0 bridgehead atoms. The van der Waals surface area contributed by atoms with Crippen LogP contribution in [-0.2, 0) is 10.0 Å². The van der Waals surface area contributed by atoms with Gasteiger partial charge in [-0.2, -0.15) is 0 Å². The Bertz CT molecular complexity index is 1010. The molecule has 2 heterocycles. The zero-order valence-electron chi connectivity index (χ0n) is 15.1. The minimum atomic E-state index is -3.49. The van der Waals surface area contributed by atoms with E-state index in [-0.39, 0.29) is 0 Å². The highest BCUT2D eigenvalue weighted by Gasteiger charge is 2.22. The number of anilines is 1. The van der Waals surface area contributed by atoms with Crippen LogP contribution in [-0.4, -0.2) is 33.0 Å². The van der Waals surface area contributed by atoms with Crippen molar-refractivity contribution in [3.63, 3.8) is 0 Å². The van der Waals surface area contributed by atoms with Crippen molar-refractivity contribution in [1.82, 2.24) is 9.71 Å². The van der Waals surface area contributed by atoms with E-state index >= 15 is 0 Å². The molecule has 27 heavy (non-hydrogen) atoms. The fourth-order valence-corrected chi connectivity index (χ4v) is 4.70. The summed E-state index contributed by atoms with van der Waals surface area (Å²) in [4.78, 5) is 6.98. The van der Waals surface area contributed by atoms with Gasteiger partial charge >= 0.3 is 0 Å². The highest BCUT2D eigenvalue weighted by Crippen LogP contribution is 2.22. The number of rotatable bonds is 5. The lowest BCUT2D eigenvalue weighted by Gasteiger charge is -2.32. The summed E-state index contributed by atoms with van der Waals surface area (Å²) in [5.74, 6) is 1.34. The van der Waals surface area contributed by atoms with E-state index in [4.69, 9.17) is 0 Å². The van der Waals surface area contributed by atoms with Crippen LogP contribution >= 0.6 is 0 Å². The first-order valence-corrected chi connectivity index (χ1v) is 10.7. The SMILES string of the molecule is O=S(=O)(NCC1CCN(c2ccccn2)CC1)c1ccc2ccccc2c1. The van der Waals surface area contributed by atoms with Crippen LogP contribution < -0.4 is 9.62 Å². The van der Waals surface area contributed by atoms with Crippen molar-refractivity contribution >= 4 is 26.6 Å². The van der Waals surface area contributed by atoms with Crippen molar-refractivity contribution in [3.8, 4) is 0 Å². The first-order chi connectivity index (χ1) is 13.1. The van der Waals surface area contributed by atoms with Crippen molar-refractivity contribution in [2.24, 2.45) is 5.92 Å². The molecule has 0 amide bonds. The van der Waals surface area contributed by atoms with Crippen LogP contribution in [0.5, 0.6) is 0 Å². The van der Waals surface area contributed by atoms with Crippen LogP contribution in [0.3, 0.4) is 0 Å². The maximum atomic E-state index is 12.7.